The number of aromatic carboxylic acids is 2. The van der Waals surface area contributed by atoms with Crippen LogP contribution in [0.25, 0.3) is 0 Å². The number of aliphatic hydroxyl groups excluding tert-OH is 2. The van der Waals surface area contributed by atoms with E-state index in [1.807, 2.05) is 6.92 Å². The molecule has 162 valence electrons. The van der Waals surface area contributed by atoms with Gasteiger partial charge in [0, 0.05) is 6.61 Å². The molecule has 0 amide bonds. The summed E-state index contributed by atoms with van der Waals surface area (Å²) in [5.41, 5.74) is 1.15. The molecule has 6 N–H and O–H groups in total. The summed E-state index contributed by atoms with van der Waals surface area (Å²) in [6.45, 7) is 4.78. The number of carboxylic acids is 2. The summed E-state index contributed by atoms with van der Waals surface area (Å²) in [5.74, 6) is -1.73. The minimum absolute atomic E-state index is 0. The number of phenols is 2. The molecule has 1 atom stereocenters. The molecule has 0 saturated heterocycles. The molecule has 2 aromatic rings. The Morgan fingerprint density at radius 2 is 1.39 bits per heavy atom. The Bertz CT molecular complexity index is 750. The van der Waals surface area contributed by atoms with Gasteiger partial charge in [0.1, 0.15) is 11.5 Å². The Kier molecular flexibility index (Phi) is 25.0. The van der Waals surface area contributed by atoms with Crippen molar-refractivity contribution in [3.63, 3.8) is 0 Å². The molecular weight excluding hydrogens is 426 g/mol. The van der Waals surface area contributed by atoms with Crippen LogP contribution in [-0.2, 0) is 6.42 Å². The molecule has 0 bridgehead atoms. The zero-order valence-corrected chi connectivity index (χ0v) is 22.4. The van der Waals surface area contributed by atoms with Crippen molar-refractivity contribution in [3.8, 4) is 11.5 Å². The van der Waals surface area contributed by atoms with E-state index in [1.54, 1.807) is 0 Å². The van der Waals surface area contributed by atoms with Crippen molar-refractivity contribution in [2.45, 2.75) is 25.9 Å². The molecule has 2 rings (SSSR count). The maximum absolute atomic E-state index is 10.7. The van der Waals surface area contributed by atoms with Crippen LogP contribution in [0.15, 0.2) is 42.5 Å². The van der Waals surface area contributed by atoms with E-state index in [9.17, 15) is 9.59 Å². The van der Waals surface area contributed by atoms with Gasteiger partial charge in [-0.1, -0.05) is 13.3 Å². The molecule has 0 saturated carbocycles. The van der Waals surface area contributed by atoms with Gasteiger partial charge in [-0.2, -0.15) is 0 Å². The molecule has 1 unspecified atom stereocenters. The van der Waals surface area contributed by atoms with E-state index in [-0.39, 0.29) is 95.8 Å². The minimum Gasteiger partial charge on any atom is -0.508 e. The number of phenolic OH excluding ortho intramolecular Hbond substituents is 2. The number of aryl methyl sites for hydroxylation is 1. The molecule has 0 radical (unpaired) electrons. The van der Waals surface area contributed by atoms with Crippen molar-refractivity contribution in [2.75, 3.05) is 6.61 Å². The van der Waals surface area contributed by atoms with Crippen molar-refractivity contribution >= 4 is 11.9 Å². The second-order valence-electron chi connectivity index (χ2n) is 5.59. The molecule has 0 aliphatic heterocycles. The normalized spacial score (nSPS) is 9.55. The number of hydrogen-bond acceptors (Lipinski definition) is 6. The van der Waals surface area contributed by atoms with Crippen molar-refractivity contribution < 1.29 is 99.3 Å². The summed E-state index contributed by atoms with van der Waals surface area (Å²) in [6.07, 6.45) is 0.731. The Morgan fingerprint density at radius 3 is 1.74 bits per heavy atom. The Labute approximate surface area is 227 Å². The monoisotopic (exact) mass is 454 g/mol. The van der Waals surface area contributed by atoms with Gasteiger partial charge in [0.05, 0.1) is 11.1 Å². The number of aliphatic hydroxyl groups is 2. The molecular formula is C21H28Na2O8. The molecule has 0 aliphatic rings. The molecule has 0 heterocycles. The SMILES string of the molecule is CCCc1cc(O)ccc1C(=O)O.O=C(O)c1ccc(O)cc1.[CH2-]C(O)CO.[CH3-].[Na+].[Na+]. The summed E-state index contributed by atoms with van der Waals surface area (Å²) >= 11 is 0. The first-order valence-electron chi connectivity index (χ1n) is 8.31. The van der Waals surface area contributed by atoms with Crippen LogP contribution in [0.5, 0.6) is 11.5 Å². The molecule has 31 heavy (non-hydrogen) atoms. The number of rotatable bonds is 5. The summed E-state index contributed by atoms with van der Waals surface area (Å²) in [5, 5.41) is 50.9. The zero-order valence-electron chi connectivity index (χ0n) is 18.4. The minimum atomic E-state index is -0.986. The average Bonchev–Trinajstić information content (AvgIpc) is 2.63. The summed E-state index contributed by atoms with van der Waals surface area (Å²) < 4.78 is 0. The van der Waals surface area contributed by atoms with Crippen molar-refractivity contribution in [2.24, 2.45) is 0 Å². The van der Waals surface area contributed by atoms with Crippen molar-refractivity contribution in [1.82, 2.24) is 0 Å². The summed E-state index contributed by atoms with van der Waals surface area (Å²) in [4.78, 5) is 21.0. The number of aromatic hydroxyl groups is 2. The van der Waals surface area contributed by atoms with Crippen LogP contribution in [0.1, 0.15) is 39.6 Å². The Balaban J connectivity index is -0.000000183. The summed E-state index contributed by atoms with van der Waals surface area (Å²) in [7, 11) is 0. The van der Waals surface area contributed by atoms with Gasteiger partial charge >= 0.3 is 71.1 Å². The van der Waals surface area contributed by atoms with E-state index in [0.717, 1.165) is 6.42 Å². The fourth-order valence-corrected chi connectivity index (χ4v) is 1.87. The number of hydrogen-bond donors (Lipinski definition) is 6. The number of carbonyl (C=O) groups is 2. The first-order valence-corrected chi connectivity index (χ1v) is 8.31. The van der Waals surface area contributed by atoms with Gasteiger partial charge in [-0.25, -0.2) is 9.59 Å². The van der Waals surface area contributed by atoms with Crippen LogP contribution in [0.3, 0.4) is 0 Å². The van der Waals surface area contributed by atoms with Gasteiger partial charge in [0.2, 0.25) is 0 Å². The van der Waals surface area contributed by atoms with E-state index >= 15 is 0 Å². The van der Waals surface area contributed by atoms with Crippen LogP contribution in [0, 0.1) is 14.4 Å². The fourth-order valence-electron chi connectivity index (χ4n) is 1.87. The predicted octanol–water partition coefficient (Wildman–Crippen LogP) is -3.23. The van der Waals surface area contributed by atoms with Gasteiger partial charge in [-0.3, -0.25) is 0 Å². The standard InChI is InChI=1S/C10H12O3.C7H6O3.C3H7O2.CH3.2Na/c1-2-3-7-6-8(11)4-5-9(7)10(12)13;8-6-3-1-5(2-4-6)7(9)10;1-3(5)2-4;;;/h4-6,11H,2-3H2,1H3,(H,12,13);1-4,8H,(H,9,10);3-5H,1-2H2;1H3;;/q;;2*-1;2*+1. The molecule has 2 aromatic carbocycles. The van der Waals surface area contributed by atoms with Gasteiger partial charge in [-0.15, -0.1) is 0 Å². The van der Waals surface area contributed by atoms with Gasteiger partial charge in [0.25, 0.3) is 0 Å². The molecule has 0 aliphatic carbocycles. The zero-order chi connectivity index (χ0) is 21.7. The quantitative estimate of drug-likeness (QED) is 0.204. The fraction of sp³-hybridized carbons (Fsp3) is 0.238. The molecule has 8 nitrogen and oxygen atoms in total. The van der Waals surface area contributed by atoms with Crippen molar-refractivity contribution in [1.29, 1.82) is 0 Å². The predicted molar refractivity (Wildman–Crippen MR) is 109 cm³/mol. The van der Waals surface area contributed by atoms with E-state index in [4.69, 9.17) is 30.6 Å². The van der Waals surface area contributed by atoms with E-state index in [2.05, 4.69) is 6.92 Å². The second-order valence-corrected chi connectivity index (χ2v) is 5.59. The first kappa shape index (κ1) is 37.2. The molecule has 0 spiro atoms. The third-order valence-electron chi connectivity index (χ3n) is 3.16. The van der Waals surface area contributed by atoms with Crippen LogP contribution in [0.4, 0.5) is 0 Å². The Morgan fingerprint density at radius 1 is 0.935 bits per heavy atom. The third kappa shape index (κ3) is 17.2. The maximum Gasteiger partial charge on any atom is 1.00 e. The van der Waals surface area contributed by atoms with E-state index in [0.29, 0.717) is 12.0 Å². The smallest absolute Gasteiger partial charge is 0.508 e. The number of benzene rings is 2. The van der Waals surface area contributed by atoms with Crippen LogP contribution >= 0.6 is 0 Å². The molecule has 0 aromatic heterocycles. The third-order valence-corrected chi connectivity index (χ3v) is 3.16. The van der Waals surface area contributed by atoms with Crippen molar-refractivity contribution in [3.05, 3.63) is 73.5 Å². The van der Waals surface area contributed by atoms with Crippen LogP contribution in [-0.4, -0.2) is 55.3 Å². The molecule has 0 fully saturated rings. The molecule has 10 heteroatoms. The van der Waals surface area contributed by atoms with Crippen LogP contribution < -0.4 is 59.1 Å². The Hall–Kier alpha value is -1.10. The van der Waals surface area contributed by atoms with Gasteiger partial charge in [-0.05, 0) is 60.6 Å². The van der Waals surface area contributed by atoms with E-state index < -0.39 is 18.0 Å². The second kappa shape index (κ2) is 20.8. The largest absolute Gasteiger partial charge is 1.00 e. The number of carboxylic acid groups (broad SMARTS) is 2. The van der Waals surface area contributed by atoms with Gasteiger partial charge < -0.3 is 45.0 Å². The maximum atomic E-state index is 10.7. The van der Waals surface area contributed by atoms with Crippen LogP contribution in [0.2, 0.25) is 0 Å². The first-order chi connectivity index (χ1) is 13.1. The topological polar surface area (TPSA) is 156 Å². The van der Waals surface area contributed by atoms with E-state index in [1.165, 1.54) is 42.5 Å². The van der Waals surface area contributed by atoms with Gasteiger partial charge in [0.15, 0.2) is 0 Å². The average molecular weight is 454 g/mol. The summed E-state index contributed by atoms with van der Waals surface area (Å²) in [6, 6.07) is 9.69.